The van der Waals surface area contributed by atoms with Gasteiger partial charge in [-0.1, -0.05) is 23.2 Å². The molecule has 0 atom stereocenters. The lowest BCUT2D eigenvalue weighted by molar-refractivity contribution is 1.17. The molecule has 17 heavy (non-hydrogen) atoms. The van der Waals surface area contributed by atoms with Gasteiger partial charge in [-0.3, -0.25) is 0 Å². The van der Waals surface area contributed by atoms with Gasteiger partial charge in [0.2, 0.25) is 0 Å². The number of hydrogen-bond donors (Lipinski definition) is 1. The first kappa shape index (κ1) is 13.1. The molecule has 0 unspecified atom stereocenters. The fraction of sp³-hybridized carbons (Fsp3) is 0.182. The van der Waals surface area contributed by atoms with E-state index in [4.69, 9.17) is 23.2 Å². The molecule has 2 rings (SSSR count). The van der Waals surface area contributed by atoms with E-state index in [9.17, 15) is 0 Å². The number of rotatable bonds is 3. The van der Waals surface area contributed by atoms with Gasteiger partial charge < -0.3 is 5.32 Å². The number of benzene rings is 1. The number of aryl methyl sites for hydroxylation is 1. The van der Waals surface area contributed by atoms with Crippen LogP contribution >= 0.6 is 50.5 Å². The average molecular weight is 352 g/mol. The number of hydrogen-bond acceptors (Lipinski definition) is 3. The van der Waals surface area contributed by atoms with Gasteiger partial charge in [-0.2, -0.15) is 0 Å². The van der Waals surface area contributed by atoms with E-state index < -0.39 is 0 Å². The molecular weight excluding hydrogens is 343 g/mol. The quantitative estimate of drug-likeness (QED) is 0.828. The molecule has 1 heterocycles. The monoisotopic (exact) mass is 350 g/mol. The van der Waals surface area contributed by atoms with Gasteiger partial charge >= 0.3 is 0 Å². The fourth-order valence-corrected chi connectivity index (χ4v) is 2.80. The minimum atomic E-state index is 0.562. The lowest BCUT2D eigenvalue weighted by Gasteiger charge is -2.08. The van der Waals surface area contributed by atoms with Crippen molar-refractivity contribution in [2.75, 3.05) is 5.32 Å². The summed E-state index contributed by atoms with van der Waals surface area (Å²) >= 11 is 16.7. The van der Waals surface area contributed by atoms with Crippen LogP contribution < -0.4 is 5.32 Å². The third-order valence-corrected chi connectivity index (χ3v) is 4.90. The summed E-state index contributed by atoms with van der Waals surface area (Å²) in [6.45, 7) is 2.70. The van der Waals surface area contributed by atoms with E-state index in [0.717, 1.165) is 20.6 Å². The highest BCUT2D eigenvalue weighted by Gasteiger charge is 2.04. The van der Waals surface area contributed by atoms with Crippen molar-refractivity contribution in [2.45, 2.75) is 13.5 Å². The second kappa shape index (κ2) is 5.57. The van der Waals surface area contributed by atoms with E-state index >= 15 is 0 Å². The lowest BCUT2D eigenvalue weighted by Crippen LogP contribution is -1.98. The van der Waals surface area contributed by atoms with Crippen LogP contribution in [0.2, 0.25) is 9.49 Å². The van der Waals surface area contributed by atoms with E-state index in [0.29, 0.717) is 16.0 Å². The van der Waals surface area contributed by atoms with Gasteiger partial charge in [0.25, 0.3) is 0 Å². The van der Waals surface area contributed by atoms with E-state index in [-0.39, 0.29) is 0 Å². The number of thiazole rings is 1. The van der Waals surface area contributed by atoms with Crippen molar-refractivity contribution in [1.29, 1.82) is 0 Å². The molecule has 0 spiro atoms. The Hall–Kier alpha value is -0.290. The second-order valence-electron chi connectivity index (χ2n) is 3.52. The number of nitrogens with one attached hydrogen (secondary N) is 1. The Morgan fingerprint density at radius 1 is 1.41 bits per heavy atom. The molecule has 90 valence electrons. The van der Waals surface area contributed by atoms with Gasteiger partial charge in [-0.15, -0.1) is 11.3 Å². The summed E-state index contributed by atoms with van der Waals surface area (Å²) in [6, 6.07) is 3.93. The van der Waals surface area contributed by atoms with Crippen LogP contribution in [0.4, 0.5) is 5.69 Å². The van der Waals surface area contributed by atoms with Gasteiger partial charge in [0.05, 0.1) is 11.6 Å². The Kier molecular flexibility index (Phi) is 4.31. The molecule has 0 saturated heterocycles. The third-order valence-electron chi connectivity index (χ3n) is 2.20. The van der Waals surface area contributed by atoms with Crippen molar-refractivity contribution in [1.82, 2.24) is 4.98 Å². The molecule has 1 aromatic carbocycles. The summed E-state index contributed by atoms with van der Waals surface area (Å²) in [6.07, 6.45) is 1.77. The molecule has 0 radical (unpaired) electrons. The van der Waals surface area contributed by atoms with Crippen molar-refractivity contribution in [3.05, 3.63) is 42.7 Å². The average Bonchev–Trinajstić information content (AvgIpc) is 2.69. The molecule has 0 amide bonds. The summed E-state index contributed by atoms with van der Waals surface area (Å²) in [5.74, 6) is 0. The van der Waals surface area contributed by atoms with Crippen LogP contribution in [-0.4, -0.2) is 4.98 Å². The maximum Gasteiger partial charge on any atom is 0.183 e. The van der Waals surface area contributed by atoms with Gasteiger partial charge in [0.1, 0.15) is 0 Å². The summed E-state index contributed by atoms with van der Waals surface area (Å²) in [4.78, 5) is 5.08. The van der Waals surface area contributed by atoms with Gasteiger partial charge in [0.15, 0.2) is 4.47 Å². The molecule has 2 nitrogen and oxygen atoms in total. The molecule has 0 aliphatic carbocycles. The Morgan fingerprint density at radius 3 is 2.76 bits per heavy atom. The Morgan fingerprint density at radius 2 is 2.18 bits per heavy atom. The Bertz CT molecular complexity index is 519. The van der Waals surface area contributed by atoms with Crippen molar-refractivity contribution in [2.24, 2.45) is 0 Å². The minimum absolute atomic E-state index is 0.562. The first-order valence-electron chi connectivity index (χ1n) is 4.86. The first-order valence-corrected chi connectivity index (χ1v) is 7.22. The van der Waals surface area contributed by atoms with E-state index in [1.54, 1.807) is 6.20 Å². The van der Waals surface area contributed by atoms with Crippen molar-refractivity contribution >= 4 is 56.2 Å². The summed E-state index contributed by atoms with van der Waals surface area (Å²) in [5, 5.41) is 3.99. The molecule has 1 N–H and O–H groups in total. The molecule has 0 bridgehead atoms. The van der Waals surface area contributed by atoms with Crippen LogP contribution in [0.15, 0.2) is 22.8 Å². The number of nitrogens with zero attached hydrogens (tertiary/aromatic N) is 1. The van der Waals surface area contributed by atoms with Gasteiger partial charge in [-0.25, -0.2) is 4.98 Å². The number of halogens is 3. The molecular formula is C11H9BrCl2N2S. The van der Waals surface area contributed by atoms with Crippen LogP contribution in [0.5, 0.6) is 0 Å². The van der Waals surface area contributed by atoms with E-state index in [2.05, 4.69) is 26.2 Å². The number of aromatic nitrogens is 1. The van der Waals surface area contributed by atoms with Gasteiger partial charge in [0, 0.05) is 21.2 Å². The Balaban J connectivity index is 2.09. The predicted octanol–water partition coefficient (Wildman–Crippen LogP) is 5.13. The summed E-state index contributed by atoms with van der Waals surface area (Å²) in [7, 11) is 0. The maximum absolute atomic E-state index is 6.09. The zero-order valence-electron chi connectivity index (χ0n) is 8.93. The predicted molar refractivity (Wildman–Crippen MR) is 78.3 cm³/mol. The topological polar surface area (TPSA) is 24.9 Å². The van der Waals surface area contributed by atoms with Crippen LogP contribution in [0.3, 0.4) is 0 Å². The highest BCUT2D eigenvalue weighted by atomic mass is 79.9. The van der Waals surface area contributed by atoms with Crippen LogP contribution in [-0.2, 0) is 6.54 Å². The highest BCUT2D eigenvalue weighted by Crippen LogP contribution is 2.30. The van der Waals surface area contributed by atoms with E-state index in [1.165, 1.54) is 11.3 Å². The van der Waals surface area contributed by atoms with Crippen LogP contribution in [0, 0.1) is 6.92 Å². The SMILES string of the molecule is Cc1cc(NCc2cnc(Cl)s2)cc(Cl)c1Br. The molecule has 6 heteroatoms. The smallest absolute Gasteiger partial charge is 0.183 e. The molecule has 0 fully saturated rings. The van der Waals surface area contributed by atoms with Crippen molar-refractivity contribution in [3.8, 4) is 0 Å². The van der Waals surface area contributed by atoms with Gasteiger partial charge in [-0.05, 0) is 40.5 Å². The normalized spacial score (nSPS) is 10.6. The summed E-state index contributed by atoms with van der Waals surface area (Å²) in [5.41, 5.74) is 2.09. The van der Waals surface area contributed by atoms with Crippen molar-refractivity contribution < 1.29 is 0 Å². The third kappa shape index (κ3) is 3.35. The highest BCUT2D eigenvalue weighted by molar-refractivity contribution is 9.10. The molecule has 0 saturated carbocycles. The Labute approximate surface area is 122 Å². The summed E-state index contributed by atoms with van der Waals surface area (Å²) < 4.78 is 1.50. The van der Waals surface area contributed by atoms with Crippen molar-refractivity contribution in [3.63, 3.8) is 0 Å². The first-order chi connectivity index (χ1) is 8.06. The molecule has 0 aliphatic rings. The zero-order valence-corrected chi connectivity index (χ0v) is 12.8. The molecule has 2 aromatic rings. The standard InChI is InChI=1S/C11H9BrCl2N2S/c1-6-2-7(3-9(13)10(6)12)15-4-8-5-16-11(14)17-8/h2-3,5,15H,4H2,1H3. The zero-order chi connectivity index (χ0) is 12.4. The number of anilines is 1. The molecule has 0 aliphatic heterocycles. The second-order valence-corrected chi connectivity index (χ2v) is 6.42. The maximum atomic E-state index is 6.09. The van der Waals surface area contributed by atoms with Crippen LogP contribution in [0.1, 0.15) is 10.4 Å². The van der Waals surface area contributed by atoms with Crippen LogP contribution in [0.25, 0.3) is 0 Å². The lowest BCUT2D eigenvalue weighted by atomic mass is 10.2. The fourth-order valence-electron chi connectivity index (χ4n) is 1.38. The molecule has 1 aromatic heterocycles. The largest absolute Gasteiger partial charge is 0.380 e. The van der Waals surface area contributed by atoms with E-state index in [1.807, 2.05) is 19.1 Å². The minimum Gasteiger partial charge on any atom is -0.380 e.